The number of ether oxygens (including phenoxy) is 2. The van der Waals surface area contributed by atoms with Gasteiger partial charge in [0.2, 0.25) is 5.78 Å². The van der Waals surface area contributed by atoms with E-state index < -0.39 is 24.2 Å². The highest BCUT2D eigenvalue weighted by atomic mass is 19.1. The highest BCUT2D eigenvalue weighted by Gasteiger charge is 2.19. The van der Waals surface area contributed by atoms with E-state index in [-0.39, 0.29) is 6.61 Å². The Kier molecular flexibility index (Phi) is 6.28. The van der Waals surface area contributed by atoms with Crippen LogP contribution in [0.4, 0.5) is 4.39 Å². The van der Waals surface area contributed by atoms with E-state index in [4.69, 9.17) is 14.7 Å². The average molecular weight is 406 g/mol. The minimum Gasteiger partial charge on any atom is -0.482 e. The summed E-state index contributed by atoms with van der Waals surface area (Å²) in [5, 5.41) is 8.76. The molecule has 0 bridgehead atoms. The number of aryl methyl sites for hydroxylation is 1. The van der Waals surface area contributed by atoms with Crippen molar-refractivity contribution in [2.24, 2.45) is 0 Å². The van der Waals surface area contributed by atoms with Gasteiger partial charge in [0.15, 0.2) is 13.2 Å². The summed E-state index contributed by atoms with van der Waals surface area (Å²) in [6.07, 6.45) is 0. The summed E-state index contributed by atoms with van der Waals surface area (Å²) in [7, 11) is 0. The second-order valence-corrected chi connectivity index (χ2v) is 6.58. The maximum Gasteiger partial charge on any atom is 0.344 e. The highest BCUT2D eigenvalue weighted by molar-refractivity contribution is 5.99. The van der Waals surface area contributed by atoms with Gasteiger partial charge in [-0.1, -0.05) is 12.1 Å². The molecule has 152 valence electrons. The monoisotopic (exact) mass is 406 g/mol. The quantitative estimate of drug-likeness (QED) is 0.439. The second kappa shape index (κ2) is 9.05. The van der Waals surface area contributed by atoms with E-state index in [2.05, 4.69) is 0 Å². The van der Waals surface area contributed by atoms with Crippen molar-refractivity contribution in [2.45, 2.75) is 13.8 Å². The molecule has 0 atom stereocenters. The van der Waals surface area contributed by atoms with Crippen LogP contribution in [0, 0.1) is 31.0 Å². The number of carbonyl (C=O) groups excluding carboxylic acids is 2. The standard InChI is InChI=1S/C23H19FN2O4/c1-15-11-19(16(2)26(15)21-6-4-3-5-20(21)24)22(27)13-30-23(28)14-29-18-9-7-17(12-25)8-10-18/h3-11H,13-14H2,1-2H3. The van der Waals surface area contributed by atoms with Gasteiger partial charge in [-0.2, -0.15) is 5.26 Å². The molecule has 0 spiro atoms. The number of hydrogen-bond donors (Lipinski definition) is 0. The number of aromatic nitrogens is 1. The zero-order valence-corrected chi connectivity index (χ0v) is 16.5. The van der Waals surface area contributed by atoms with Gasteiger partial charge in [-0.05, 0) is 56.3 Å². The van der Waals surface area contributed by atoms with E-state index in [9.17, 15) is 14.0 Å². The molecule has 0 saturated heterocycles. The summed E-state index contributed by atoms with van der Waals surface area (Å²) in [5.74, 6) is -1.08. The van der Waals surface area contributed by atoms with Gasteiger partial charge in [0.25, 0.3) is 0 Å². The van der Waals surface area contributed by atoms with Crippen molar-refractivity contribution in [1.29, 1.82) is 5.26 Å². The summed E-state index contributed by atoms with van der Waals surface area (Å²) in [6, 6.07) is 16.2. The van der Waals surface area contributed by atoms with E-state index in [1.54, 1.807) is 66.9 Å². The van der Waals surface area contributed by atoms with Gasteiger partial charge >= 0.3 is 5.97 Å². The number of halogens is 1. The molecular weight excluding hydrogens is 387 g/mol. The Morgan fingerprint density at radius 2 is 1.77 bits per heavy atom. The number of benzene rings is 2. The zero-order valence-electron chi connectivity index (χ0n) is 16.5. The third kappa shape index (κ3) is 4.55. The predicted molar refractivity (Wildman–Crippen MR) is 107 cm³/mol. The van der Waals surface area contributed by atoms with Crippen LogP contribution in [0.2, 0.25) is 0 Å². The topological polar surface area (TPSA) is 81.3 Å². The maximum atomic E-state index is 14.2. The number of Topliss-reactive ketones (excluding diaryl/α,β-unsaturated/α-hetero) is 1. The first-order valence-corrected chi connectivity index (χ1v) is 9.16. The fourth-order valence-corrected chi connectivity index (χ4v) is 3.08. The van der Waals surface area contributed by atoms with Gasteiger partial charge in [-0.15, -0.1) is 0 Å². The molecule has 2 aromatic carbocycles. The Morgan fingerprint density at radius 3 is 2.43 bits per heavy atom. The molecule has 0 saturated carbocycles. The average Bonchev–Trinajstić information content (AvgIpc) is 3.05. The summed E-state index contributed by atoms with van der Waals surface area (Å²) >= 11 is 0. The van der Waals surface area contributed by atoms with Gasteiger partial charge < -0.3 is 14.0 Å². The molecule has 0 amide bonds. The lowest BCUT2D eigenvalue weighted by molar-refractivity contribution is -0.144. The largest absolute Gasteiger partial charge is 0.482 e. The molecule has 0 aliphatic carbocycles. The molecule has 3 aromatic rings. The predicted octanol–water partition coefficient (Wildman–Crippen LogP) is 3.91. The Bertz CT molecular complexity index is 1130. The van der Waals surface area contributed by atoms with Crippen molar-refractivity contribution in [2.75, 3.05) is 13.2 Å². The van der Waals surface area contributed by atoms with Gasteiger partial charge in [-0.3, -0.25) is 4.79 Å². The number of hydrogen-bond acceptors (Lipinski definition) is 5. The van der Waals surface area contributed by atoms with Gasteiger partial charge in [0.05, 0.1) is 17.3 Å². The first kappa shape index (κ1) is 20.8. The number of para-hydroxylation sites is 1. The van der Waals surface area contributed by atoms with Gasteiger partial charge in [-0.25, -0.2) is 9.18 Å². The fraction of sp³-hybridized carbons (Fsp3) is 0.174. The molecule has 0 fully saturated rings. The van der Waals surface area contributed by atoms with E-state index in [0.29, 0.717) is 34.0 Å². The number of esters is 1. The SMILES string of the molecule is Cc1cc(C(=O)COC(=O)COc2ccc(C#N)cc2)c(C)n1-c1ccccc1F. The number of nitrogens with zero attached hydrogens (tertiary/aromatic N) is 2. The summed E-state index contributed by atoms with van der Waals surface area (Å²) in [6.45, 7) is 2.67. The van der Waals surface area contributed by atoms with Crippen molar-refractivity contribution in [3.8, 4) is 17.5 Å². The van der Waals surface area contributed by atoms with Crippen LogP contribution in [0.5, 0.6) is 5.75 Å². The molecule has 7 heteroatoms. The lowest BCUT2D eigenvalue weighted by Crippen LogP contribution is -2.19. The lowest BCUT2D eigenvalue weighted by atomic mass is 10.1. The van der Waals surface area contributed by atoms with Crippen LogP contribution < -0.4 is 4.74 Å². The maximum absolute atomic E-state index is 14.2. The molecule has 6 nitrogen and oxygen atoms in total. The van der Waals surface area contributed by atoms with E-state index in [1.165, 1.54) is 6.07 Å². The van der Waals surface area contributed by atoms with Crippen molar-refractivity contribution in [3.05, 3.63) is 82.9 Å². The molecule has 0 N–H and O–H groups in total. The van der Waals surface area contributed by atoms with Crippen molar-refractivity contribution < 1.29 is 23.5 Å². The lowest BCUT2D eigenvalue weighted by Gasteiger charge is -2.11. The zero-order chi connectivity index (χ0) is 21.7. The Hall–Kier alpha value is -3.92. The first-order chi connectivity index (χ1) is 14.4. The molecular formula is C23H19FN2O4. The molecule has 1 heterocycles. The number of carbonyl (C=O) groups is 2. The minimum atomic E-state index is -0.698. The fourth-order valence-electron chi connectivity index (χ4n) is 3.08. The van der Waals surface area contributed by atoms with Gasteiger partial charge in [0.1, 0.15) is 11.6 Å². The third-order valence-electron chi connectivity index (χ3n) is 4.53. The molecule has 0 aliphatic rings. The van der Waals surface area contributed by atoms with Crippen molar-refractivity contribution >= 4 is 11.8 Å². The normalized spacial score (nSPS) is 10.3. The van der Waals surface area contributed by atoms with Crippen molar-refractivity contribution in [3.63, 3.8) is 0 Å². The van der Waals surface area contributed by atoms with Crippen molar-refractivity contribution in [1.82, 2.24) is 4.57 Å². The Balaban J connectivity index is 1.61. The van der Waals surface area contributed by atoms with Crippen LogP contribution in [0.15, 0.2) is 54.6 Å². The van der Waals surface area contributed by atoms with Gasteiger partial charge in [0, 0.05) is 17.0 Å². The minimum absolute atomic E-state index is 0.347. The van der Waals surface area contributed by atoms with E-state index in [0.717, 1.165) is 0 Å². The molecule has 0 radical (unpaired) electrons. The van der Waals surface area contributed by atoms with Crippen LogP contribution >= 0.6 is 0 Å². The molecule has 1 aromatic heterocycles. The molecule has 30 heavy (non-hydrogen) atoms. The summed E-state index contributed by atoms with van der Waals surface area (Å²) in [4.78, 5) is 24.4. The van der Waals surface area contributed by atoms with E-state index >= 15 is 0 Å². The highest BCUT2D eigenvalue weighted by Crippen LogP contribution is 2.23. The Morgan fingerprint density at radius 1 is 1.07 bits per heavy atom. The number of ketones is 1. The molecule has 0 aliphatic heterocycles. The smallest absolute Gasteiger partial charge is 0.344 e. The molecule has 0 unspecified atom stereocenters. The van der Waals surface area contributed by atoms with Crippen LogP contribution in [0.25, 0.3) is 5.69 Å². The summed E-state index contributed by atoms with van der Waals surface area (Å²) in [5.41, 5.74) is 2.43. The first-order valence-electron chi connectivity index (χ1n) is 9.16. The van der Waals surface area contributed by atoms with Crippen LogP contribution in [0.3, 0.4) is 0 Å². The van der Waals surface area contributed by atoms with E-state index in [1.807, 2.05) is 6.07 Å². The number of rotatable bonds is 7. The second-order valence-electron chi connectivity index (χ2n) is 6.58. The van der Waals surface area contributed by atoms with Crippen LogP contribution in [-0.2, 0) is 9.53 Å². The number of nitriles is 1. The van der Waals surface area contributed by atoms with Crippen LogP contribution in [-0.4, -0.2) is 29.5 Å². The Labute approximate surface area is 173 Å². The summed E-state index contributed by atoms with van der Waals surface area (Å²) < 4.78 is 26.1. The molecule has 3 rings (SSSR count). The van der Waals surface area contributed by atoms with Crippen LogP contribution in [0.1, 0.15) is 27.3 Å². The third-order valence-corrected chi connectivity index (χ3v) is 4.53.